The van der Waals surface area contributed by atoms with Gasteiger partial charge in [0.25, 0.3) is 5.97 Å². The molecule has 0 aliphatic carbocycles. The number of aliphatic carboxylic acids is 1. The SMILES string of the molecule is C=C/C(=C\NC)c1ccc2c(-c3c(-c4ccccn4)nn4c3CCC4)ccnc2c1.CC(=O)O.CC(F)(F)F. The number of benzene rings is 1. The van der Waals surface area contributed by atoms with Crippen LogP contribution in [0, 0.1) is 0 Å². The van der Waals surface area contributed by atoms with E-state index in [9.17, 15) is 13.2 Å². The fraction of sp³-hybridized carbons (Fsp3) is 0.241. The Balaban J connectivity index is 0.000000408. The Kier molecular flexibility index (Phi) is 9.59. The lowest BCUT2D eigenvalue weighted by Gasteiger charge is -2.10. The van der Waals surface area contributed by atoms with Gasteiger partial charge in [0, 0.05) is 62.7 Å². The first-order valence-electron chi connectivity index (χ1n) is 12.2. The van der Waals surface area contributed by atoms with Gasteiger partial charge in [0.2, 0.25) is 0 Å². The largest absolute Gasteiger partial charge is 0.481 e. The van der Waals surface area contributed by atoms with Gasteiger partial charge in [-0.2, -0.15) is 18.3 Å². The number of aromatic nitrogens is 4. The molecule has 1 aromatic carbocycles. The summed E-state index contributed by atoms with van der Waals surface area (Å²) < 4.78 is 33.2. The molecule has 0 unspecified atom stereocenters. The maximum Gasteiger partial charge on any atom is 0.386 e. The number of alkyl halides is 3. The number of aryl methyl sites for hydroxylation is 1. The lowest BCUT2D eigenvalue weighted by atomic mass is 9.95. The van der Waals surface area contributed by atoms with Crippen molar-refractivity contribution in [3.8, 4) is 22.5 Å². The molecule has 4 heterocycles. The van der Waals surface area contributed by atoms with E-state index in [0.717, 1.165) is 65.3 Å². The van der Waals surface area contributed by atoms with E-state index in [1.165, 1.54) is 11.3 Å². The van der Waals surface area contributed by atoms with E-state index >= 15 is 0 Å². The highest BCUT2D eigenvalue weighted by atomic mass is 19.4. The predicted molar refractivity (Wildman–Crippen MR) is 147 cm³/mol. The summed E-state index contributed by atoms with van der Waals surface area (Å²) in [6.07, 6.45) is 5.67. The van der Waals surface area contributed by atoms with Crippen LogP contribution in [-0.2, 0) is 17.8 Å². The molecule has 0 amide bonds. The Morgan fingerprint density at radius 1 is 1.15 bits per heavy atom. The van der Waals surface area contributed by atoms with Crippen molar-refractivity contribution in [2.45, 2.75) is 39.4 Å². The molecule has 0 radical (unpaired) electrons. The number of hydrogen-bond donors (Lipinski definition) is 2. The van der Waals surface area contributed by atoms with Crippen molar-refractivity contribution in [1.82, 2.24) is 25.1 Å². The first kappa shape index (κ1) is 29.1. The zero-order valence-corrected chi connectivity index (χ0v) is 22.0. The lowest BCUT2D eigenvalue weighted by Crippen LogP contribution is -1.95. The zero-order chi connectivity index (χ0) is 28.6. The van der Waals surface area contributed by atoms with Gasteiger partial charge in [0.1, 0.15) is 5.69 Å². The lowest BCUT2D eigenvalue weighted by molar-refractivity contribution is -0.134. The molecule has 204 valence electrons. The number of carbonyl (C=O) groups is 1. The van der Waals surface area contributed by atoms with Gasteiger partial charge in [-0.15, -0.1) is 0 Å². The smallest absolute Gasteiger partial charge is 0.386 e. The molecule has 0 saturated heterocycles. The number of carboxylic acids is 1. The van der Waals surface area contributed by atoms with E-state index in [1.807, 2.05) is 49.9 Å². The molecular formula is C29H30F3N5O2. The van der Waals surface area contributed by atoms with Crippen molar-refractivity contribution in [1.29, 1.82) is 0 Å². The Hall–Kier alpha value is -4.47. The van der Waals surface area contributed by atoms with Crippen LogP contribution in [0.25, 0.3) is 39.0 Å². The van der Waals surface area contributed by atoms with Crippen LogP contribution in [0.3, 0.4) is 0 Å². The minimum absolute atomic E-state index is 0.188. The molecule has 1 aliphatic heterocycles. The van der Waals surface area contributed by atoms with Gasteiger partial charge >= 0.3 is 6.18 Å². The number of nitrogens with zero attached hydrogens (tertiary/aromatic N) is 4. The second-order valence-corrected chi connectivity index (χ2v) is 8.70. The van der Waals surface area contributed by atoms with Gasteiger partial charge in [-0.1, -0.05) is 30.9 Å². The standard InChI is InChI=1S/C25H23N5.C2H3F3.C2H4O2/c1-3-17(16-26-2)18-9-10-19-20(11-13-28-22(19)15-18)24-23-8-6-14-30(23)29-25(24)21-7-4-5-12-27-21;1-2(3,4)5;1-2(3)4/h3-5,7,9-13,15-16,26H,1,6,8,14H2,2H3;1H3;1H3,(H,3,4)/b17-16+;;. The first-order chi connectivity index (χ1) is 18.5. The van der Waals surface area contributed by atoms with Gasteiger partial charge in [0.05, 0.1) is 11.2 Å². The van der Waals surface area contributed by atoms with Crippen molar-refractivity contribution in [3.05, 3.63) is 85.0 Å². The quantitative estimate of drug-likeness (QED) is 0.282. The number of halogens is 3. The molecule has 0 atom stereocenters. The topological polar surface area (TPSA) is 92.9 Å². The summed E-state index contributed by atoms with van der Waals surface area (Å²) in [6.45, 7) is 6.16. The van der Waals surface area contributed by atoms with Crippen LogP contribution in [0.4, 0.5) is 13.2 Å². The molecule has 3 aromatic heterocycles. The average Bonchev–Trinajstić information content (AvgIpc) is 3.47. The van der Waals surface area contributed by atoms with Crippen molar-refractivity contribution in [2.24, 2.45) is 0 Å². The predicted octanol–water partition coefficient (Wildman–Crippen LogP) is 6.51. The van der Waals surface area contributed by atoms with Gasteiger partial charge in [-0.25, -0.2) is 0 Å². The van der Waals surface area contributed by atoms with E-state index in [0.29, 0.717) is 0 Å². The highest BCUT2D eigenvalue weighted by Crippen LogP contribution is 2.40. The van der Waals surface area contributed by atoms with Crippen molar-refractivity contribution in [3.63, 3.8) is 0 Å². The average molecular weight is 538 g/mol. The van der Waals surface area contributed by atoms with E-state index in [1.54, 1.807) is 0 Å². The first-order valence-corrected chi connectivity index (χ1v) is 12.2. The number of nitrogens with one attached hydrogen (secondary N) is 1. The fourth-order valence-electron chi connectivity index (χ4n) is 4.26. The van der Waals surface area contributed by atoms with Gasteiger partial charge in [-0.05, 0) is 53.8 Å². The van der Waals surface area contributed by atoms with Crippen LogP contribution in [-0.4, -0.2) is 44.0 Å². The highest BCUT2D eigenvalue weighted by molar-refractivity contribution is 6.00. The van der Waals surface area contributed by atoms with Crippen LogP contribution in [0.1, 0.15) is 31.5 Å². The van der Waals surface area contributed by atoms with Crippen molar-refractivity contribution >= 4 is 22.4 Å². The van der Waals surface area contributed by atoms with E-state index in [-0.39, 0.29) is 6.92 Å². The molecule has 5 rings (SSSR count). The van der Waals surface area contributed by atoms with Gasteiger partial charge < -0.3 is 10.4 Å². The molecule has 0 bridgehead atoms. The number of rotatable bonds is 5. The molecule has 10 heteroatoms. The van der Waals surface area contributed by atoms with Crippen LogP contribution in [0.2, 0.25) is 0 Å². The number of pyridine rings is 2. The molecule has 4 aromatic rings. The summed E-state index contributed by atoms with van der Waals surface area (Å²) >= 11 is 0. The molecule has 0 fully saturated rings. The Bertz CT molecular complexity index is 1470. The summed E-state index contributed by atoms with van der Waals surface area (Å²) in [5, 5.41) is 16.5. The third-order valence-corrected chi connectivity index (χ3v) is 5.61. The molecule has 1 aliphatic rings. The maximum absolute atomic E-state index is 10.4. The fourth-order valence-corrected chi connectivity index (χ4v) is 4.26. The van der Waals surface area contributed by atoms with Crippen LogP contribution in [0.5, 0.6) is 0 Å². The van der Waals surface area contributed by atoms with E-state index in [4.69, 9.17) is 15.0 Å². The summed E-state index contributed by atoms with van der Waals surface area (Å²) in [7, 11) is 1.89. The normalized spacial score (nSPS) is 12.5. The summed E-state index contributed by atoms with van der Waals surface area (Å²) in [5.41, 5.74) is 8.56. The third-order valence-electron chi connectivity index (χ3n) is 5.61. The summed E-state index contributed by atoms with van der Waals surface area (Å²) in [6, 6.07) is 14.5. The van der Waals surface area contributed by atoms with Crippen LogP contribution < -0.4 is 5.32 Å². The minimum atomic E-state index is -4.00. The second-order valence-electron chi connectivity index (χ2n) is 8.70. The van der Waals surface area contributed by atoms with Crippen LogP contribution >= 0.6 is 0 Å². The Morgan fingerprint density at radius 3 is 2.49 bits per heavy atom. The molecule has 39 heavy (non-hydrogen) atoms. The number of hydrogen-bond acceptors (Lipinski definition) is 5. The van der Waals surface area contributed by atoms with Crippen molar-refractivity contribution < 1.29 is 23.1 Å². The summed E-state index contributed by atoms with van der Waals surface area (Å²) in [5.74, 6) is -0.833. The molecular weight excluding hydrogens is 507 g/mol. The highest BCUT2D eigenvalue weighted by Gasteiger charge is 2.25. The minimum Gasteiger partial charge on any atom is -0.481 e. The Morgan fingerprint density at radius 2 is 1.87 bits per heavy atom. The maximum atomic E-state index is 10.4. The Labute approximate surface area is 224 Å². The molecule has 2 N–H and O–H groups in total. The number of allylic oxidation sites excluding steroid dienone is 2. The molecule has 7 nitrogen and oxygen atoms in total. The van der Waals surface area contributed by atoms with E-state index in [2.05, 4.69) is 50.8 Å². The third kappa shape index (κ3) is 7.76. The molecule has 0 spiro atoms. The number of fused-ring (bicyclic) bond motifs is 2. The molecule has 0 saturated carbocycles. The zero-order valence-electron chi connectivity index (χ0n) is 22.0. The van der Waals surface area contributed by atoms with Crippen molar-refractivity contribution in [2.75, 3.05) is 7.05 Å². The van der Waals surface area contributed by atoms with Crippen LogP contribution in [0.15, 0.2) is 73.7 Å². The summed E-state index contributed by atoms with van der Waals surface area (Å²) in [4.78, 5) is 18.2. The second kappa shape index (κ2) is 12.9. The van der Waals surface area contributed by atoms with Gasteiger partial charge in [-0.3, -0.25) is 19.4 Å². The monoisotopic (exact) mass is 537 g/mol. The number of carboxylic acid groups (broad SMARTS) is 1. The van der Waals surface area contributed by atoms with E-state index < -0.39 is 12.1 Å². The van der Waals surface area contributed by atoms with Gasteiger partial charge in [0.15, 0.2) is 0 Å².